The van der Waals surface area contributed by atoms with Gasteiger partial charge in [-0.05, 0) is 5.56 Å². The molecule has 0 aliphatic heterocycles. The van der Waals surface area contributed by atoms with Crippen LogP contribution < -0.4 is 5.43 Å². The van der Waals surface area contributed by atoms with E-state index in [1.54, 1.807) is 6.20 Å². The number of pyridine rings is 1. The predicted molar refractivity (Wildman–Crippen MR) is 62.1 cm³/mol. The Hall–Kier alpha value is -1.54. The highest BCUT2D eigenvalue weighted by Crippen LogP contribution is 2.13. The zero-order chi connectivity index (χ0) is 10.7. The monoisotopic (exact) mass is 219 g/mol. The van der Waals surface area contributed by atoms with Crippen molar-refractivity contribution in [2.75, 3.05) is 0 Å². The predicted octanol–water partition coefficient (Wildman–Crippen LogP) is 2.78. The molecule has 0 bridgehead atoms. The normalized spacial score (nSPS) is 10.2. The second-order valence-corrected chi connectivity index (χ2v) is 3.50. The fraction of sp³-hybridized carbons (Fsp3) is 0.0833. The van der Waals surface area contributed by atoms with E-state index < -0.39 is 0 Å². The Morgan fingerprint density at radius 3 is 2.53 bits per heavy atom. The average molecular weight is 220 g/mol. The molecule has 2 rings (SSSR count). The first-order valence-corrected chi connectivity index (χ1v) is 5.17. The molecule has 0 saturated carbocycles. The number of hydrogen-bond acceptors (Lipinski definition) is 1. The maximum Gasteiger partial charge on any atom is 0.189 e. The molecule has 1 aromatic heterocycles. The van der Waals surface area contributed by atoms with Crippen molar-refractivity contribution in [3.8, 4) is 11.1 Å². The summed E-state index contributed by atoms with van der Waals surface area (Å²) in [6.45, 7) is 0. The molecular weight excluding hydrogens is 210 g/mol. The van der Waals surface area contributed by atoms with Crippen LogP contribution in [0.15, 0.2) is 47.4 Å². The zero-order valence-electron chi connectivity index (χ0n) is 8.03. The van der Waals surface area contributed by atoms with Crippen LogP contribution in [-0.4, -0.2) is 4.98 Å². The maximum absolute atomic E-state index is 11.7. The number of aromatic amines is 1. The molecular formula is C12H10ClNO. The molecule has 1 N–H and O–H groups in total. The molecule has 0 spiro atoms. The van der Waals surface area contributed by atoms with E-state index in [1.807, 2.05) is 30.3 Å². The van der Waals surface area contributed by atoms with Crippen LogP contribution in [-0.2, 0) is 5.88 Å². The van der Waals surface area contributed by atoms with E-state index in [0.717, 1.165) is 11.3 Å². The first-order chi connectivity index (χ1) is 7.31. The second kappa shape index (κ2) is 4.32. The molecule has 0 aliphatic rings. The van der Waals surface area contributed by atoms with Crippen molar-refractivity contribution in [2.45, 2.75) is 5.88 Å². The Balaban J connectivity index is 2.51. The van der Waals surface area contributed by atoms with E-state index in [2.05, 4.69) is 4.98 Å². The highest BCUT2D eigenvalue weighted by Gasteiger charge is 2.02. The lowest BCUT2D eigenvalue weighted by Crippen LogP contribution is -2.05. The molecule has 1 heterocycles. The van der Waals surface area contributed by atoms with Crippen LogP contribution >= 0.6 is 11.6 Å². The first-order valence-electron chi connectivity index (χ1n) is 4.64. The van der Waals surface area contributed by atoms with E-state index in [0.29, 0.717) is 11.4 Å². The zero-order valence-corrected chi connectivity index (χ0v) is 8.79. The minimum Gasteiger partial charge on any atom is -0.363 e. The Labute approximate surface area is 92.5 Å². The van der Waals surface area contributed by atoms with Gasteiger partial charge in [-0.2, -0.15) is 0 Å². The fourth-order valence-electron chi connectivity index (χ4n) is 1.43. The number of aromatic nitrogens is 1. The minimum absolute atomic E-state index is 0.00407. The van der Waals surface area contributed by atoms with Gasteiger partial charge in [-0.25, -0.2) is 0 Å². The van der Waals surface area contributed by atoms with E-state index in [1.165, 1.54) is 6.07 Å². The van der Waals surface area contributed by atoms with Crippen LogP contribution in [0.25, 0.3) is 11.1 Å². The summed E-state index contributed by atoms with van der Waals surface area (Å²) in [6.07, 6.45) is 1.70. The van der Waals surface area contributed by atoms with Crippen molar-refractivity contribution in [1.82, 2.24) is 4.98 Å². The third kappa shape index (κ3) is 2.10. The third-order valence-electron chi connectivity index (χ3n) is 2.20. The third-order valence-corrected chi connectivity index (χ3v) is 2.49. The van der Waals surface area contributed by atoms with Gasteiger partial charge in [0.05, 0.1) is 5.88 Å². The molecule has 76 valence electrons. The van der Waals surface area contributed by atoms with Crippen LogP contribution in [0.2, 0.25) is 0 Å². The maximum atomic E-state index is 11.7. The summed E-state index contributed by atoms with van der Waals surface area (Å²) in [5.41, 5.74) is 2.32. The minimum atomic E-state index is -0.00407. The quantitative estimate of drug-likeness (QED) is 0.775. The van der Waals surface area contributed by atoms with Crippen molar-refractivity contribution in [3.05, 3.63) is 58.5 Å². The van der Waals surface area contributed by atoms with Gasteiger partial charge in [-0.1, -0.05) is 30.3 Å². The number of alkyl halides is 1. The molecule has 2 nitrogen and oxygen atoms in total. The first kappa shape index (κ1) is 9.99. The summed E-state index contributed by atoms with van der Waals surface area (Å²) in [7, 11) is 0. The molecule has 15 heavy (non-hydrogen) atoms. The average Bonchev–Trinajstić information content (AvgIpc) is 2.30. The van der Waals surface area contributed by atoms with Gasteiger partial charge in [0.2, 0.25) is 0 Å². The van der Waals surface area contributed by atoms with Crippen molar-refractivity contribution < 1.29 is 0 Å². The van der Waals surface area contributed by atoms with Gasteiger partial charge in [0.25, 0.3) is 0 Å². The molecule has 0 amide bonds. The lowest BCUT2D eigenvalue weighted by atomic mass is 10.1. The highest BCUT2D eigenvalue weighted by atomic mass is 35.5. The van der Waals surface area contributed by atoms with Crippen molar-refractivity contribution in [2.24, 2.45) is 0 Å². The molecule has 0 atom stereocenters. The van der Waals surface area contributed by atoms with E-state index in [-0.39, 0.29) is 5.43 Å². The second-order valence-electron chi connectivity index (χ2n) is 3.24. The molecule has 0 unspecified atom stereocenters. The van der Waals surface area contributed by atoms with Crippen LogP contribution in [0.3, 0.4) is 0 Å². The largest absolute Gasteiger partial charge is 0.363 e. The SMILES string of the molecule is O=c1cc(CCl)[nH]cc1-c1ccccc1. The van der Waals surface area contributed by atoms with Gasteiger partial charge >= 0.3 is 0 Å². The molecule has 0 saturated heterocycles. The fourth-order valence-corrected chi connectivity index (χ4v) is 1.59. The van der Waals surface area contributed by atoms with Gasteiger partial charge in [-0.3, -0.25) is 4.79 Å². The Morgan fingerprint density at radius 2 is 1.93 bits per heavy atom. The number of rotatable bonds is 2. The van der Waals surface area contributed by atoms with Crippen LogP contribution in [0, 0.1) is 0 Å². The molecule has 0 aliphatic carbocycles. The van der Waals surface area contributed by atoms with Crippen LogP contribution in [0.4, 0.5) is 0 Å². The molecule has 3 heteroatoms. The number of halogens is 1. The van der Waals surface area contributed by atoms with E-state index in [9.17, 15) is 4.79 Å². The lowest BCUT2D eigenvalue weighted by Gasteiger charge is -2.01. The standard InChI is InChI=1S/C12H10ClNO/c13-7-10-6-12(15)11(8-14-10)9-4-2-1-3-5-9/h1-6,8H,7H2,(H,14,15). The number of H-pyrrole nitrogens is 1. The lowest BCUT2D eigenvalue weighted by molar-refractivity contribution is 1.16. The van der Waals surface area contributed by atoms with Gasteiger partial charge in [0, 0.05) is 23.5 Å². The highest BCUT2D eigenvalue weighted by molar-refractivity contribution is 6.16. The van der Waals surface area contributed by atoms with Gasteiger partial charge < -0.3 is 4.98 Å². The van der Waals surface area contributed by atoms with Crippen molar-refractivity contribution >= 4 is 11.6 Å². The summed E-state index contributed by atoms with van der Waals surface area (Å²) >= 11 is 5.63. The number of hydrogen-bond donors (Lipinski definition) is 1. The number of benzene rings is 1. The number of nitrogens with one attached hydrogen (secondary N) is 1. The summed E-state index contributed by atoms with van der Waals surface area (Å²) in [5.74, 6) is 0.324. The molecule has 1 aromatic carbocycles. The topological polar surface area (TPSA) is 32.9 Å². The van der Waals surface area contributed by atoms with Gasteiger partial charge in [-0.15, -0.1) is 11.6 Å². The summed E-state index contributed by atoms with van der Waals surface area (Å²) in [4.78, 5) is 14.7. The van der Waals surface area contributed by atoms with Gasteiger partial charge in [0.1, 0.15) is 0 Å². The van der Waals surface area contributed by atoms with Crippen LogP contribution in [0.1, 0.15) is 5.69 Å². The Bertz CT molecular complexity index is 505. The summed E-state index contributed by atoms with van der Waals surface area (Å²) in [5, 5.41) is 0. The Morgan fingerprint density at radius 1 is 1.20 bits per heavy atom. The van der Waals surface area contributed by atoms with Crippen LogP contribution in [0.5, 0.6) is 0 Å². The van der Waals surface area contributed by atoms with Gasteiger partial charge in [0.15, 0.2) is 5.43 Å². The smallest absolute Gasteiger partial charge is 0.189 e. The molecule has 0 fully saturated rings. The summed E-state index contributed by atoms with van der Waals surface area (Å²) < 4.78 is 0. The molecule has 2 aromatic rings. The molecule has 0 radical (unpaired) electrons. The van der Waals surface area contributed by atoms with Crippen molar-refractivity contribution in [3.63, 3.8) is 0 Å². The Kier molecular flexibility index (Phi) is 2.88. The van der Waals surface area contributed by atoms with E-state index >= 15 is 0 Å². The summed E-state index contributed by atoms with van der Waals surface area (Å²) in [6, 6.07) is 11.1. The van der Waals surface area contributed by atoms with Crippen molar-refractivity contribution in [1.29, 1.82) is 0 Å². The van der Waals surface area contributed by atoms with E-state index in [4.69, 9.17) is 11.6 Å².